The molecule has 0 unspecified atom stereocenters. The van der Waals surface area contributed by atoms with Gasteiger partial charge >= 0.3 is 0 Å². The van der Waals surface area contributed by atoms with Gasteiger partial charge in [0, 0.05) is 24.9 Å². The molecule has 0 radical (unpaired) electrons. The first-order valence-corrected chi connectivity index (χ1v) is 7.07. The number of nitrogens with zero attached hydrogens (tertiary/aromatic N) is 2. The average Bonchev–Trinajstić information content (AvgIpc) is 3.08. The Kier molecular flexibility index (Phi) is 2.57. The standard InChI is InChI=1S/C17H15N3O/c1-20-10-9-15(19-20)18-17(21)14-8-7-12-6-5-11-3-2-4-13(14)16(11)12/h2-4,7-10H,5-6H2,1H3,(H,18,19,21). The monoisotopic (exact) mass is 277 g/mol. The summed E-state index contributed by atoms with van der Waals surface area (Å²) in [4.78, 5) is 12.5. The smallest absolute Gasteiger partial charge is 0.257 e. The van der Waals surface area contributed by atoms with Gasteiger partial charge in [-0.2, -0.15) is 5.10 Å². The second-order valence-electron chi connectivity index (χ2n) is 5.44. The first-order chi connectivity index (χ1) is 10.2. The molecule has 4 nitrogen and oxygen atoms in total. The van der Waals surface area contributed by atoms with Crippen molar-refractivity contribution in [1.82, 2.24) is 9.78 Å². The van der Waals surface area contributed by atoms with Crippen molar-refractivity contribution in [2.75, 3.05) is 5.32 Å². The van der Waals surface area contributed by atoms with E-state index in [0.29, 0.717) is 11.4 Å². The van der Waals surface area contributed by atoms with Gasteiger partial charge in [-0.15, -0.1) is 0 Å². The van der Waals surface area contributed by atoms with Crippen LogP contribution in [0.3, 0.4) is 0 Å². The summed E-state index contributed by atoms with van der Waals surface area (Å²) in [6.45, 7) is 0. The van der Waals surface area contributed by atoms with Crippen molar-refractivity contribution in [2.45, 2.75) is 12.8 Å². The molecule has 1 aliphatic rings. The molecule has 0 spiro atoms. The Hall–Kier alpha value is -2.62. The molecule has 0 fully saturated rings. The zero-order valence-electron chi connectivity index (χ0n) is 11.8. The number of carbonyl (C=O) groups excluding carboxylic acids is 1. The van der Waals surface area contributed by atoms with Gasteiger partial charge in [0.1, 0.15) is 0 Å². The summed E-state index contributed by atoms with van der Waals surface area (Å²) in [5, 5.41) is 9.34. The van der Waals surface area contributed by atoms with Crippen LogP contribution in [-0.2, 0) is 19.9 Å². The van der Waals surface area contributed by atoms with E-state index in [1.54, 1.807) is 10.7 Å². The molecule has 4 rings (SSSR count). The van der Waals surface area contributed by atoms with Crippen LogP contribution in [0.5, 0.6) is 0 Å². The van der Waals surface area contributed by atoms with Crippen LogP contribution in [-0.4, -0.2) is 15.7 Å². The largest absolute Gasteiger partial charge is 0.305 e. The van der Waals surface area contributed by atoms with E-state index >= 15 is 0 Å². The maximum atomic E-state index is 12.5. The predicted molar refractivity (Wildman–Crippen MR) is 82.5 cm³/mol. The van der Waals surface area contributed by atoms with Gasteiger partial charge in [0.05, 0.1) is 0 Å². The highest BCUT2D eigenvalue weighted by Gasteiger charge is 2.18. The van der Waals surface area contributed by atoms with E-state index in [4.69, 9.17) is 0 Å². The fraction of sp³-hybridized carbons (Fsp3) is 0.176. The van der Waals surface area contributed by atoms with E-state index in [2.05, 4.69) is 22.5 Å². The predicted octanol–water partition coefficient (Wildman–Crippen LogP) is 2.92. The molecule has 0 saturated heterocycles. The number of hydrogen-bond donors (Lipinski definition) is 1. The Morgan fingerprint density at radius 3 is 2.71 bits per heavy atom. The molecule has 1 amide bonds. The van der Waals surface area contributed by atoms with Crippen LogP contribution in [0.2, 0.25) is 0 Å². The molecular weight excluding hydrogens is 262 g/mol. The van der Waals surface area contributed by atoms with Gasteiger partial charge in [-0.3, -0.25) is 9.48 Å². The number of nitrogens with one attached hydrogen (secondary N) is 1. The minimum atomic E-state index is -0.107. The van der Waals surface area contributed by atoms with Gasteiger partial charge in [-0.1, -0.05) is 24.3 Å². The third-order valence-electron chi connectivity index (χ3n) is 4.08. The Labute approximate surface area is 122 Å². The van der Waals surface area contributed by atoms with Crippen molar-refractivity contribution in [3.05, 3.63) is 59.3 Å². The van der Waals surface area contributed by atoms with Gasteiger partial charge in [0.15, 0.2) is 5.82 Å². The molecule has 21 heavy (non-hydrogen) atoms. The fourth-order valence-electron chi connectivity index (χ4n) is 3.11. The molecular formula is C17H15N3O. The van der Waals surface area contributed by atoms with Gasteiger partial charge in [0.25, 0.3) is 5.91 Å². The number of aromatic nitrogens is 2. The molecule has 4 heteroatoms. The molecule has 104 valence electrons. The maximum Gasteiger partial charge on any atom is 0.257 e. The third kappa shape index (κ3) is 1.91. The minimum absolute atomic E-state index is 0.107. The van der Waals surface area contributed by atoms with Crippen molar-refractivity contribution in [3.8, 4) is 0 Å². The average molecular weight is 277 g/mol. The summed E-state index contributed by atoms with van der Waals surface area (Å²) in [6, 6.07) is 12.0. The highest BCUT2D eigenvalue weighted by Crippen LogP contribution is 2.32. The molecule has 0 bridgehead atoms. The Bertz CT molecular complexity index is 853. The SMILES string of the molecule is Cn1ccc(NC(=O)c2ccc3c4c(cccc24)CC3)n1. The van der Waals surface area contributed by atoms with Crippen molar-refractivity contribution in [2.24, 2.45) is 7.05 Å². The number of anilines is 1. The molecule has 2 aromatic carbocycles. The molecule has 1 aromatic heterocycles. The molecule has 0 aliphatic heterocycles. The molecule has 0 saturated carbocycles. The molecule has 1 heterocycles. The molecule has 1 aliphatic carbocycles. The van der Waals surface area contributed by atoms with Gasteiger partial charge < -0.3 is 5.32 Å². The first-order valence-electron chi connectivity index (χ1n) is 7.07. The lowest BCUT2D eigenvalue weighted by atomic mass is 9.99. The Morgan fingerprint density at radius 2 is 1.95 bits per heavy atom. The summed E-state index contributed by atoms with van der Waals surface area (Å²) in [5.41, 5.74) is 3.40. The normalized spacial score (nSPS) is 12.8. The van der Waals surface area contributed by atoms with Crippen molar-refractivity contribution in [1.29, 1.82) is 0 Å². The lowest BCUT2D eigenvalue weighted by molar-refractivity contribution is 0.102. The third-order valence-corrected chi connectivity index (χ3v) is 4.08. The summed E-state index contributed by atoms with van der Waals surface area (Å²) >= 11 is 0. The first kappa shape index (κ1) is 12.1. The van der Waals surface area contributed by atoms with E-state index < -0.39 is 0 Å². The molecule has 1 N–H and O–H groups in total. The maximum absolute atomic E-state index is 12.5. The van der Waals surface area contributed by atoms with Crippen LogP contribution in [0.25, 0.3) is 10.8 Å². The van der Waals surface area contributed by atoms with E-state index in [1.165, 1.54) is 16.5 Å². The number of hydrogen-bond acceptors (Lipinski definition) is 2. The second kappa shape index (κ2) is 4.45. The summed E-state index contributed by atoms with van der Waals surface area (Å²) in [7, 11) is 1.83. The molecule has 3 aromatic rings. The van der Waals surface area contributed by atoms with Crippen LogP contribution in [0.15, 0.2) is 42.6 Å². The topological polar surface area (TPSA) is 46.9 Å². The van der Waals surface area contributed by atoms with Crippen molar-refractivity contribution in [3.63, 3.8) is 0 Å². The summed E-state index contributed by atoms with van der Waals surface area (Å²) < 4.78 is 1.67. The van der Waals surface area contributed by atoms with Crippen LogP contribution in [0.1, 0.15) is 21.5 Å². The number of carbonyl (C=O) groups is 1. The minimum Gasteiger partial charge on any atom is -0.305 e. The highest BCUT2D eigenvalue weighted by molar-refractivity contribution is 6.14. The van der Waals surface area contributed by atoms with E-state index in [-0.39, 0.29) is 5.91 Å². The summed E-state index contributed by atoms with van der Waals surface area (Å²) in [6.07, 6.45) is 3.94. The van der Waals surface area contributed by atoms with Gasteiger partial charge in [-0.25, -0.2) is 0 Å². The van der Waals surface area contributed by atoms with Gasteiger partial charge in [0.2, 0.25) is 0 Å². The number of rotatable bonds is 2. The second-order valence-corrected chi connectivity index (χ2v) is 5.44. The van der Waals surface area contributed by atoms with Crippen LogP contribution < -0.4 is 5.32 Å². The molecule has 0 atom stereocenters. The quantitative estimate of drug-likeness (QED) is 0.783. The zero-order valence-corrected chi connectivity index (χ0v) is 11.8. The lowest BCUT2D eigenvalue weighted by Gasteiger charge is -2.08. The number of amides is 1. The zero-order chi connectivity index (χ0) is 14.4. The fourth-order valence-corrected chi connectivity index (χ4v) is 3.11. The van der Waals surface area contributed by atoms with E-state index in [9.17, 15) is 4.79 Å². The van der Waals surface area contributed by atoms with E-state index in [0.717, 1.165) is 18.2 Å². The number of benzene rings is 2. The number of aryl methyl sites for hydroxylation is 3. The highest BCUT2D eigenvalue weighted by atomic mass is 16.1. The summed E-state index contributed by atoms with van der Waals surface area (Å²) in [5.74, 6) is 0.468. The lowest BCUT2D eigenvalue weighted by Crippen LogP contribution is -2.13. The van der Waals surface area contributed by atoms with E-state index in [1.807, 2.05) is 31.4 Å². The Morgan fingerprint density at radius 1 is 1.14 bits per heavy atom. The van der Waals surface area contributed by atoms with Crippen molar-refractivity contribution < 1.29 is 4.79 Å². The van der Waals surface area contributed by atoms with Crippen LogP contribution in [0, 0.1) is 0 Å². The van der Waals surface area contributed by atoms with Gasteiger partial charge in [-0.05, 0) is 40.8 Å². The Balaban J connectivity index is 1.79. The van der Waals surface area contributed by atoms with Crippen LogP contribution in [0.4, 0.5) is 5.82 Å². The van der Waals surface area contributed by atoms with Crippen molar-refractivity contribution >= 4 is 22.5 Å². The van der Waals surface area contributed by atoms with Crippen LogP contribution >= 0.6 is 0 Å².